The lowest BCUT2D eigenvalue weighted by Gasteiger charge is -2.21. The number of nitriles is 1. The average Bonchev–Trinajstić information content (AvgIpc) is 2.77. The van der Waals surface area contributed by atoms with Crippen LogP contribution in [0.5, 0.6) is 17.2 Å². The van der Waals surface area contributed by atoms with Crippen molar-refractivity contribution < 1.29 is 19.0 Å². The van der Waals surface area contributed by atoms with Crippen molar-refractivity contribution >= 4 is 5.97 Å². The minimum atomic E-state index is -0.748. The van der Waals surface area contributed by atoms with Crippen molar-refractivity contribution in [1.82, 2.24) is 0 Å². The van der Waals surface area contributed by atoms with Gasteiger partial charge in [0, 0.05) is 5.92 Å². The Balaban J connectivity index is 1.61. The molecule has 1 atom stereocenters. The number of rotatable bonds is 8. The monoisotopic (exact) mass is 401 g/mol. The van der Waals surface area contributed by atoms with E-state index in [1.165, 1.54) is 0 Å². The molecule has 3 rings (SSSR count). The molecule has 0 N–H and O–H groups in total. The van der Waals surface area contributed by atoms with E-state index >= 15 is 0 Å². The molecule has 0 saturated heterocycles. The van der Waals surface area contributed by atoms with E-state index < -0.39 is 12.1 Å². The molecule has 0 amide bonds. The van der Waals surface area contributed by atoms with Crippen molar-refractivity contribution in [2.45, 2.75) is 26.6 Å². The highest BCUT2D eigenvalue weighted by atomic mass is 16.6. The van der Waals surface area contributed by atoms with Crippen molar-refractivity contribution in [2.75, 3.05) is 0 Å². The molecule has 1 unspecified atom stereocenters. The first-order chi connectivity index (χ1) is 14.5. The van der Waals surface area contributed by atoms with Crippen LogP contribution in [0.15, 0.2) is 78.9 Å². The standard InChI is InChI=1S/C25H23NO4/c1-18(2)24(30-22-13-11-19(16-26)12-14-22)25(27)28-17-20-7-6-10-23(15-20)29-21-8-4-3-5-9-21/h3-15,18,24H,17H2,1-2H3. The molecule has 3 aromatic rings. The largest absolute Gasteiger partial charge is 0.478 e. The Hall–Kier alpha value is -3.78. The van der Waals surface area contributed by atoms with Crippen LogP contribution in [0.4, 0.5) is 0 Å². The second-order valence-corrected chi connectivity index (χ2v) is 7.09. The summed E-state index contributed by atoms with van der Waals surface area (Å²) in [5.41, 5.74) is 1.35. The molecule has 0 aromatic heterocycles. The van der Waals surface area contributed by atoms with E-state index in [9.17, 15) is 4.79 Å². The third-order valence-corrected chi connectivity index (χ3v) is 4.34. The number of hydrogen-bond acceptors (Lipinski definition) is 5. The summed E-state index contributed by atoms with van der Waals surface area (Å²) in [4.78, 5) is 12.6. The van der Waals surface area contributed by atoms with E-state index in [4.69, 9.17) is 19.5 Å². The van der Waals surface area contributed by atoms with Gasteiger partial charge in [-0.2, -0.15) is 5.26 Å². The Morgan fingerprint density at radius 2 is 1.60 bits per heavy atom. The minimum absolute atomic E-state index is 0.0825. The predicted molar refractivity (Wildman–Crippen MR) is 113 cm³/mol. The molecule has 0 radical (unpaired) electrons. The summed E-state index contributed by atoms with van der Waals surface area (Å²) in [6.07, 6.45) is -0.748. The molecule has 152 valence electrons. The summed E-state index contributed by atoms with van der Waals surface area (Å²) in [6, 6.07) is 25.6. The number of nitrogens with zero attached hydrogens (tertiary/aromatic N) is 1. The molecule has 0 heterocycles. The van der Waals surface area contributed by atoms with Crippen molar-refractivity contribution in [1.29, 1.82) is 5.26 Å². The van der Waals surface area contributed by atoms with Crippen LogP contribution in [0.25, 0.3) is 0 Å². The Bertz CT molecular complexity index is 1010. The van der Waals surface area contributed by atoms with E-state index in [-0.39, 0.29) is 12.5 Å². The van der Waals surface area contributed by atoms with Gasteiger partial charge in [0.15, 0.2) is 6.10 Å². The highest BCUT2D eigenvalue weighted by molar-refractivity contribution is 5.75. The number of benzene rings is 3. The highest BCUT2D eigenvalue weighted by Crippen LogP contribution is 2.23. The zero-order valence-corrected chi connectivity index (χ0v) is 16.9. The van der Waals surface area contributed by atoms with Crippen LogP contribution in [-0.4, -0.2) is 12.1 Å². The van der Waals surface area contributed by atoms with E-state index in [1.54, 1.807) is 24.3 Å². The number of carbonyl (C=O) groups excluding carboxylic acids is 1. The number of esters is 1. The molecule has 0 spiro atoms. The highest BCUT2D eigenvalue weighted by Gasteiger charge is 2.26. The second kappa shape index (κ2) is 10.1. The van der Waals surface area contributed by atoms with Gasteiger partial charge in [0.25, 0.3) is 0 Å². The fraction of sp³-hybridized carbons (Fsp3) is 0.200. The van der Waals surface area contributed by atoms with Crippen LogP contribution >= 0.6 is 0 Å². The topological polar surface area (TPSA) is 68.5 Å². The Kier molecular flexibility index (Phi) is 7.07. The predicted octanol–water partition coefficient (Wildman–Crippen LogP) is 5.50. The zero-order valence-electron chi connectivity index (χ0n) is 16.9. The van der Waals surface area contributed by atoms with Gasteiger partial charge in [-0.1, -0.05) is 44.2 Å². The maximum Gasteiger partial charge on any atom is 0.347 e. The molecular formula is C25H23NO4. The molecule has 0 saturated carbocycles. The molecule has 30 heavy (non-hydrogen) atoms. The van der Waals surface area contributed by atoms with E-state index in [1.807, 2.05) is 68.4 Å². The van der Waals surface area contributed by atoms with Gasteiger partial charge >= 0.3 is 5.97 Å². The van der Waals surface area contributed by atoms with Crippen LogP contribution in [0.2, 0.25) is 0 Å². The normalized spacial score (nSPS) is 11.4. The van der Waals surface area contributed by atoms with Crippen LogP contribution in [0, 0.1) is 17.2 Å². The fourth-order valence-corrected chi connectivity index (χ4v) is 2.77. The molecule has 5 heteroatoms. The van der Waals surface area contributed by atoms with E-state index in [0.29, 0.717) is 17.1 Å². The number of ether oxygens (including phenoxy) is 3. The van der Waals surface area contributed by atoms with Gasteiger partial charge in [0.05, 0.1) is 11.6 Å². The van der Waals surface area contributed by atoms with Gasteiger partial charge in [-0.15, -0.1) is 0 Å². The number of carbonyl (C=O) groups is 1. The van der Waals surface area contributed by atoms with Gasteiger partial charge < -0.3 is 14.2 Å². The second-order valence-electron chi connectivity index (χ2n) is 7.09. The SMILES string of the molecule is CC(C)C(Oc1ccc(C#N)cc1)C(=O)OCc1cccc(Oc2ccccc2)c1. The molecular weight excluding hydrogens is 378 g/mol. The molecule has 0 bridgehead atoms. The van der Waals surface area contributed by atoms with Gasteiger partial charge in [0.2, 0.25) is 0 Å². The van der Waals surface area contributed by atoms with Crippen molar-refractivity contribution in [3.05, 3.63) is 90.0 Å². The first kappa shape index (κ1) is 20.9. The fourth-order valence-electron chi connectivity index (χ4n) is 2.77. The lowest BCUT2D eigenvalue weighted by Crippen LogP contribution is -2.34. The maximum atomic E-state index is 12.6. The average molecular weight is 401 g/mol. The van der Waals surface area contributed by atoms with Crippen molar-refractivity contribution in [3.63, 3.8) is 0 Å². The summed E-state index contributed by atoms with van der Waals surface area (Å²) in [5.74, 6) is 1.40. The van der Waals surface area contributed by atoms with Gasteiger partial charge in [-0.3, -0.25) is 0 Å². The summed E-state index contributed by atoms with van der Waals surface area (Å²) in [6.45, 7) is 3.90. The number of para-hydroxylation sites is 1. The third kappa shape index (κ3) is 5.86. The van der Waals surface area contributed by atoms with Gasteiger partial charge in [-0.25, -0.2) is 4.79 Å². The van der Waals surface area contributed by atoms with Crippen LogP contribution < -0.4 is 9.47 Å². The van der Waals surface area contributed by atoms with Crippen molar-refractivity contribution in [3.8, 4) is 23.3 Å². The van der Waals surface area contributed by atoms with Gasteiger partial charge in [-0.05, 0) is 54.1 Å². The molecule has 5 nitrogen and oxygen atoms in total. The van der Waals surface area contributed by atoms with Crippen molar-refractivity contribution in [2.24, 2.45) is 5.92 Å². The van der Waals surface area contributed by atoms with Gasteiger partial charge in [0.1, 0.15) is 23.9 Å². The minimum Gasteiger partial charge on any atom is -0.478 e. The smallest absolute Gasteiger partial charge is 0.347 e. The summed E-state index contributed by atoms with van der Waals surface area (Å²) in [7, 11) is 0. The number of hydrogen-bond donors (Lipinski definition) is 0. The molecule has 0 aliphatic rings. The quantitative estimate of drug-likeness (QED) is 0.466. The molecule has 3 aromatic carbocycles. The third-order valence-electron chi connectivity index (χ3n) is 4.34. The van der Waals surface area contributed by atoms with E-state index in [0.717, 1.165) is 11.3 Å². The zero-order chi connectivity index (χ0) is 21.3. The summed E-state index contributed by atoms with van der Waals surface area (Å²) in [5, 5.41) is 8.89. The Labute approximate surface area is 176 Å². The first-order valence-corrected chi connectivity index (χ1v) is 9.70. The maximum absolute atomic E-state index is 12.6. The summed E-state index contributed by atoms with van der Waals surface area (Å²) < 4.78 is 17.1. The molecule has 0 fully saturated rings. The molecule has 0 aliphatic heterocycles. The Morgan fingerprint density at radius 3 is 2.27 bits per heavy atom. The first-order valence-electron chi connectivity index (χ1n) is 9.70. The van der Waals surface area contributed by atoms with Crippen LogP contribution in [-0.2, 0) is 16.1 Å². The van der Waals surface area contributed by atoms with E-state index in [2.05, 4.69) is 6.07 Å². The van der Waals surface area contributed by atoms with Crippen LogP contribution in [0.3, 0.4) is 0 Å². The lowest BCUT2D eigenvalue weighted by atomic mass is 10.1. The van der Waals surface area contributed by atoms with Crippen LogP contribution in [0.1, 0.15) is 25.0 Å². The lowest BCUT2D eigenvalue weighted by molar-refractivity contribution is -0.155. The Morgan fingerprint density at radius 1 is 0.900 bits per heavy atom. The summed E-state index contributed by atoms with van der Waals surface area (Å²) >= 11 is 0. The molecule has 0 aliphatic carbocycles.